The molecule has 2 N–H and O–H groups in total. The molecular weight excluding hydrogens is 140 g/mol. The summed E-state index contributed by atoms with van der Waals surface area (Å²) in [6, 6.07) is 0. The van der Waals surface area contributed by atoms with E-state index in [-0.39, 0.29) is 11.4 Å². The highest BCUT2D eigenvalue weighted by atomic mass is 16.2. The summed E-state index contributed by atoms with van der Waals surface area (Å²) in [5.74, 6) is -0.0968. The molecule has 0 aromatic rings. The summed E-state index contributed by atoms with van der Waals surface area (Å²) in [5, 5.41) is 0. The number of nitrogens with two attached hydrogens (primary N) is 1. The van der Waals surface area contributed by atoms with Crippen molar-refractivity contribution >= 4 is 5.91 Å². The fourth-order valence-corrected chi connectivity index (χ4v) is 0.572. The molecule has 0 saturated heterocycles. The van der Waals surface area contributed by atoms with Crippen LogP contribution in [0.3, 0.4) is 0 Å². The van der Waals surface area contributed by atoms with Gasteiger partial charge in [0.1, 0.15) is 0 Å². The minimum Gasteiger partial charge on any atom is -0.336 e. The predicted octanol–water partition coefficient (Wildman–Crippen LogP) is 0.368. The van der Waals surface area contributed by atoms with Gasteiger partial charge in [0.05, 0.1) is 0 Å². The molecule has 0 bridgehead atoms. The van der Waals surface area contributed by atoms with E-state index >= 15 is 0 Å². The lowest BCUT2D eigenvalue weighted by Gasteiger charge is -2.33. The van der Waals surface area contributed by atoms with Gasteiger partial charge in [0, 0.05) is 19.1 Å². The molecule has 3 nitrogen and oxygen atoms in total. The van der Waals surface area contributed by atoms with Crippen LogP contribution < -0.4 is 5.73 Å². The highest BCUT2D eigenvalue weighted by Crippen LogP contribution is 2.09. The van der Waals surface area contributed by atoms with Crippen LogP contribution in [0.1, 0.15) is 13.8 Å². The van der Waals surface area contributed by atoms with Crippen LogP contribution in [-0.4, -0.2) is 29.9 Å². The molecule has 0 unspecified atom stereocenters. The van der Waals surface area contributed by atoms with E-state index in [2.05, 4.69) is 6.58 Å². The van der Waals surface area contributed by atoms with Crippen LogP contribution in [0.5, 0.6) is 0 Å². The monoisotopic (exact) mass is 156 g/mol. The van der Waals surface area contributed by atoms with E-state index in [0.29, 0.717) is 6.54 Å². The Hall–Kier alpha value is -0.830. The van der Waals surface area contributed by atoms with Crippen LogP contribution in [0, 0.1) is 0 Å². The van der Waals surface area contributed by atoms with Gasteiger partial charge in [-0.2, -0.15) is 0 Å². The number of rotatable bonds is 3. The van der Waals surface area contributed by atoms with Gasteiger partial charge in [-0.05, 0) is 19.9 Å². The number of hydrogen-bond donors (Lipinski definition) is 1. The third-order valence-corrected chi connectivity index (χ3v) is 1.91. The van der Waals surface area contributed by atoms with Crippen molar-refractivity contribution < 1.29 is 4.79 Å². The Balaban J connectivity index is 4.33. The Morgan fingerprint density at radius 1 is 1.73 bits per heavy atom. The third kappa shape index (κ3) is 2.35. The Bertz CT molecular complexity index is 163. The maximum atomic E-state index is 11.1. The van der Waals surface area contributed by atoms with E-state index in [4.69, 9.17) is 5.73 Å². The van der Waals surface area contributed by atoms with Crippen LogP contribution in [0.15, 0.2) is 12.7 Å². The number of carbonyl (C=O) groups is 1. The molecule has 0 aliphatic carbocycles. The second-order valence-corrected chi connectivity index (χ2v) is 3.12. The van der Waals surface area contributed by atoms with Gasteiger partial charge in [0.25, 0.3) is 0 Å². The Morgan fingerprint density at radius 3 is 2.45 bits per heavy atom. The van der Waals surface area contributed by atoms with Crippen molar-refractivity contribution in [3.05, 3.63) is 12.7 Å². The molecule has 0 saturated carbocycles. The molecule has 0 spiro atoms. The van der Waals surface area contributed by atoms with Crippen LogP contribution >= 0.6 is 0 Å². The van der Waals surface area contributed by atoms with E-state index in [1.165, 1.54) is 6.08 Å². The smallest absolute Gasteiger partial charge is 0.246 e. The van der Waals surface area contributed by atoms with Crippen LogP contribution in [0.2, 0.25) is 0 Å². The Kier molecular flexibility index (Phi) is 3.26. The summed E-state index contributed by atoms with van der Waals surface area (Å²) in [4.78, 5) is 12.7. The standard InChI is InChI=1S/C8H16N2O/c1-5-7(11)10(4)8(2,3)6-9/h5H,1,6,9H2,2-4H3. The van der Waals surface area contributed by atoms with Gasteiger partial charge >= 0.3 is 0 Å². The van der Waals surface area contributed by atoms with E-state index in [1.807, 2.05) is 13.8 Å². The van der Waals surface area contributed by atoms with Crippen molar-refractivity contribution in [2.24, 2.45) is 5.73 Å². The molecule has 0 radical (unpaired) electrons. The van der Waals surface area contributed by atoms with Gasteiger partial charge < -0.3 is 10.6 Å². The van der Waals surface area contributed by atoms with E-state index in [1.54, 1.807) is 11.9 Å². The molecular formula is C8H16N2O. The number of nitrogens with zero attached hydrogens (tertiary/aromatic N) is 1. The zero-order chi connectivity index (χ0) is 9.07. The van der Waals surface area contributed by atoms with Gasteiger partial charge in [-0.15, -0.1) is 0 Å². The van der Waals surface area contributed by atoms with Crippen LogP contribution in [0.4, 0.5) is 0 Å². The second kappa shape index (κ2) is 3.53. The molecule has 3 heteroatoms. The normalized spacial score (nSPS) is 10.9. The summed E-state index contributed by atoms with van der Waals surface area (Å²) in [5.41, 5.74) is 5.19. The van der Waals surface area contributed by atoms with Gasteiger partial charge in [-0.3, -0.25) is 4.79 Å². The molecule has 0 aromatic heterocycles. The quantitative estimate of drug-likeness (QED) is 0.600. The molecule has 1 amide bonds. The number of likely N-dealkylation sites (N-methyl/N-ethyl adjacent to an activating group) is 1. The molecule has 0 aliphatic rings. The molecule has 64 valence electrons. The zero-order valence-corrected chi connectivity index (χ0v) is 7.42. The molecule has 0 atom stereocenters. The van der Waals surface area contributed by atoms with E-state index < -0.39 is 0 Å². The van der Waals surface area contributed by atoms with Crippen molar-refractivity contribution in [1.29, 1.82) is 0 Å². The van der Waals surface area contributed by atoms with Crippen molar-refractivity contribution in [1.82, 2.24) is 4.90 Å². The Labute approximate surface area is 67.9 Å². The largest absolute Gasteiger partial charge is 0.336 e. The summed E-state index contributed by atoms with van der Waals surface area (Å²) >= 11 is 0. The maximum Gasteiger partial charge on any atom is 0.246 e. The van der Waals surface area contributed by atoms with Crippen molar-refractivity contribution in [3.8, 4) is 0 Å². The lowest BCUT2D eigenvalue weighted by atomic mass is 10.0. The van der Waals surface area contributed by atoms with Crippen molar-refractivity contribution in [3.63, 3.8) is 0 Å². The summed E-state index contributed by atoms with van der Waals surface area (Å²) in [6.07, 6.45) is 1.29. The molecule has 11 heavy (non-hydrogen) atoms. The number of carbonyl (C=O) groups excluding carboxylic acids is 1. The lowest BCUT2D eigenvalue weighted by molar-refractivity contribution is -0.128. The first-order valence-corrected chi connectivity index (χ1v) is 3.56. The molecule has 0 fully saturated rings. The number of hydrogen-bond acceptors (Lipinski definition) is 2. The van der Waals surface area contributed by atoms with Crippen molar-refractivity contribution in [2.75, 3.05) is 13.6 Å². The molecule has 0 heterocycles. The third-order valence-electron chi connectivity index (χ3n) is 1.91. The molecule has 0 aliphatic heterocycles. The average molecular weight is 156 g/mol. The minimum atomic E-state index is -0.286. The summed E-state index contributed by atoms with van der Waals surface area (Å²) in [6.45, 7) is 7.67. The Morgan fingerprint density at radius 2 is 2.18 bits per heavy atom. The first-order valence-electron chi connectivity index (χ1n) is 3.56. The number of amides is 1. The van der Waals surface area contributed by atoms with Crippen LogP contribution in [-0.2, 0) is 4.79 Å². The van der Waals surface area contributed by atoms with Gasteiger partial charge in [0.15, 0.2) is 0 Å². The van der Waals surface area contributed by atoms with E-state index in [0.717, 1.165) is 0 Å². The fraction of sp³-hybridized carbons (Fsp3) is 0.625. The fourth-order valence-electron chi connectivity index (χ4n) is 0.572. The first kappa shape index (κ1) is 10.2. The highest BCUT2D eigenvalue weighted by molar-refractivity contribution is 5.87. The minimum absolute atomic E-state index is 0.0968. The van der Waals surface area contributed by atoms with Gasteiger partial charge in [-0.1, -0.05) is 6.58 Å². The predicted molar refractivity (Wildman–Crippen MR) is 46.1 cm³/mol. The molecule has 0 aromatic carbocycles. The van der Waals surface area contributed by atoms with Gasteiger partial charge in [-0.25, -0.2) is 0 Å². The first-order chi connectivity index (χ1) is 4.95. The molecule has 0 rings (SSSR count). The second-order valence-electron chi connectivity index (χ2n) is 3.12. The lowest BCUT2D eigenvalue weighted by Crippen LogP contribution is -2.49. The van der Waals surface area contributed by atoms with Gasteiger partial charge in [0.2, 0.25) is 5.91 Å². The maximum absolute atomic E-state index is 11.1. The summed E-state index contributed by atoms with van der Waals surface area (Å²) < 4.78 is 0. The van der Waals surface area contributed by atoms with Crippen molar-refractivity contribution in [2.45, 2.75) is 19.4 Å². The van der Waals surface area contributed by atoms with E-state index in [9.17, 15) is 4.79 Å². The highest BCUT2D eigenvalue weighted by Gasteiger charge is 2.23. The van der Waals surface area contributed by atoms with Crippen LogP contribution in [0.25, 0.3) is 0 Å². The zero-order valence-electron chi connectivity index (χ0n) is 7.42. The summed E-state index contributed by atoms with van der Waals surface area (Å²) in [7, 11) is 1.72. The topological polar surface area (TPSA) is 46.3 Å². The SMILES string of the molecule is C=CC(=O)N(C)C(C)(C)CN. The average Bonchev–Trinajstić information content (AvgIpc) is 2.01.